The van der Waals surface area contributed by atoms with Gasteiger partial charge in [0, 0.05) is 13.6 Å². The molecule has 84 valence electrons. The Morgan fingerprint density at radius 2 is 2.33 bits per heavy atom. The van der Waals surface area contributed by atoms with Crippen LogP contribution in [0.3, 0.4) is 0 Å². The zero-order valence-electron chi connectivity index (χ0n) is 8.69. The summed E-state index contributed by atoms with van der Waals surface area (Å²) in [4.78, 5) is -0.00810. The Hall–Kier alpha value is -1.34. The van der Waals surface area contributed by atoms with Crippen LogP contribution in [0.1, 0.15) is 6.92 Å². The lowest BCUT2D eigenvalue weighted by atomic mass is 10.4. The quantitative estimate of drug-likeness (QED) is 0.722. The predicted octanol–water partition coefficient (Wildman–Crippen LogP) is 0.189. The molecule has 0 saturated carbocycles. The SMILES string of the molecule is C=C(C)CN(C)S(=O)(=O)c1cn[nH]c1N. The number of nitrogens with one attached hydrogen (secondary N) is 1. The molecule has 0 aliphatic rings. The van der Waals surface area contributed by atoms with Crippen LogP contribution in [0.15, 0.2) is 23.2 Å². The molecular formula is C8H14N4O2S. The largest absolute Gasteiger partial charge is 0.383 e. The van der Waals surface area contributed by atoms with Gasteiger partial charge in [0.05, 0.1) is 6.20 Å². The third-order valence-corrected chi connectivity index (χ3v) is 3.64. The summed E-state index contributed by atoms with van der Waals surface area (Å²) in [5.74, 6) is 0.0450. The summed E-state index contributed by atoms with van der Waals surface area (Å²) < 4.78 is 25.0. The molecular weight excluding hydrogens is 216 g/mol. The molecule has 7 heteroatoms. The highest BCUT2D eigenvalue weighted by atomic mass is 32.2. The lowest BCUT2D eigenvalue weighted by Crippen LogP contribution is -2.28. The Labute approximate surface area is 88.8 Å². The van der Waals surface area contributed by atoms with Crippen LogP contribution in [0, 0.1) is 0 Å². The van der Waals surface area contributed by atoms with Crippen LogP contribution < -0.4 is 5.73 Å². The van der Waals surface area contributed by atoms with Gasteiger partial charge in [-0.25, -0.2) is 8.42 Å². The number of likely N-dealkylation sites (N-methyl/N-ethyl adjacent to an activating group) is 1. The highest BCUT2D eigenvalue weighted by molar-refractivity contribution is 7.89. The number of H-pyrrole nitrogens is 1. The maximum Gasteiger partial charge on any atom is 0.248 e. The number of rotatable bonds is 4. The number of nitrogens with two attached hydrogens (primary N) is 1. The van der Waals surface area contributed by atoms with Gasteiger partial charge in [-0.05, 0) is 6.92 Å². The fourth-order valence-electron chi connectivity index (χ4n) is 1.12. The molecule has 0 unspecified atom stereocenters. The smallest absolute Gasteiger partial charge is 0.248 e. The highest BCUT2D eigenvalue weighted by Crippen LogP contribution is 2.18. The van der Waals surface area contributed by atoms with Gasteiger partial charge >= 0.3 is 0 Å². The minimum atomic E-state index is -3.57. The molecule has 0 atom stereocenters. The maximum atomic E-state index is 11.9. The van der Waals surface area contributed by atoms with Crippen molar-refractivity contribution in [3.8, 4) is 0 Å². The number of hydrogen-bond donors (Lipinski definition) is 2. The molecule has 15 heavy (non-hydrogen) atoms. The Morgan fingerprint density at radius 3 is 2.73 bits per heavy atom. The Bertz CT molecular complexity index is 463. The first-order chi connectivity index (χ1) is 6.85. The van der Waals surface area contributed by atoms with Crippen LogP contribution >= 0.6 is 0 Å². The lowest BCUT2D eigenvalue weighted by molar-refractivity contribution is 0.493. The third kappa shape index (κ3) is 2.37. The van der Waals surface area contributed by atoms with Crippen molar-refractivity contribution in [3.63, 3.8) is 0 Å². The molecule has 0 fully saturated rings. The van der Waals surface area contributed by atoms with E-state index >= 15 is 0 Å². The molecule has 0 aliphatic heterocycles. The van der Waals surface area contributed by atoms with Gasteiger partial charge in [0.15, 0.2) is 0 Å². The second-order valence-corrected chi connectivity index (χ2v) is 5.38. The van der Waals surface area contributed by atoms with Gasteiger partial charge in [-0.3, -0.25) is 5.10 Å². The zero-order valence-corrected chi connectivity index (χ0v) is 9.50. The van der Waals surface area contributed by atoms with Crippen LogP contribution in [-0.4, -0.2) is 36.5 Å². The average Bonchev–Trinajstić information content (AvgIpc) is 2.50. The number of aromatic nitrogens is 2. The van der Waals surface area contributed by atoms with Crippen LogP contribution in [0.25, 0.3) is 0 Å². The Kier molecular flexibility index (Phi) is 3.15. The van der Waals surface area contributed by atoms with Crippen molar-refractivity contribution in [2.24, 2.45) is 0 Å². The van der Waals surface area contributed by atoms with Crippen molar-refractivity contribution in [2.45, 2.75) is 11.8 Å². The fraction of sp³-hybridized carbons (Fsp3) is 0.375. The van der Waals surface area contributed by atoms with Crippen molar-refractivity contribution in [1.82, 2.24) is 14.5 Å². The van der Waals surface area contributed by atoms with E-state index in [0.717, 1.165) is 5.57 Å². The minimum absolute atomic E-state index is 0.00810. The number of hydrogen-bond acceptors (Lipinski definition) is 4. The molecule has 0 amide bonds. The summed E-state index contributed by atoms with van der Waals surface area (Å²) in [7, 11) is -2.10. The summed E-state index contributed by atoms with van der Waals surface area (Å²) >= 11 is 0. The van der Waals surface area contributed by atoms with Gasteiger partial charge in [-0.1, -0.05) is 12.2 Å². The second-order valence-electron chi connectivity index (χ2n) is 3.37. The standard InChI is InChI=1S/C8H14N4O2S/c1-6(2)5-12(3)15(13,14)7-4-10-11-8(7)9/h4H,1,5H2,2-3H3,(H3,9,10,11). The summed E-state index contributed by atoms with van der Waals surface area (Å²) in [6.07, 6.45) is 1.19. The van der Waals surface area contributed by atoms with E-state index < -0.39 is 10.0 Å². The van der Waals surface area contributed by atoms with E-state index in [9.17, 15) is 8.42 Å². The van der Waals surface area contributed by atoms with Crippen LogP contribution in [0.2, 0.25) is 0 Å². The summed E-state index contributed by atoms with van der Waals surface area (Å²) in [5.41, 5.74) is 6.20. The van der Waals surface area contributed by atoms with Gasteiger partial charge < -0.3 is 5.73 Å². The van der Waals surface area contributed by atoms with Crippen molar-refractivity contribution in [1.29, 1.82) is 0 Å². The molecule has 0 aliphatic carbocycles. The van der Waals surface area contributed by atoms with Crippen molar-refractivity contribution >= 4 is 15.8 Å². The number of nitrogen functional groups attached to an aromatic ring is 1. The second kappa shape index (κ2) is 4.03. The molecule has 0 saturated heterocycles. The predicted molar refractivity (Wildman–Crippen MR) is 57.6 cm³/mol. The highest BCUT2D eigenvalue weighted by Gasteiger charge is 2.24. The van der Waals surface area contributed by atoms with Crippen LogP contribution in [0.5, 0.6) is 0 Å². The van der Waals surface area contributed by atoms with Crippen LogP contribution in [-0.2, 0) is 10.0 Å². The van der Waals surface area contributed by atoms with Crippen molar-refractivity contribution in [3.05, 3.63) is 18.3 Å². The molecule has 0 aromatic carbocycles. The first-order valence-corrected chi connectivity index (χ1v) is 5.69. The molecule has 1 aromatic rings. The number of aromatic amines is 1. The topological polar surface area (TPSA) is 92.1 Å². The van der Waals surface area contributed by atoms with Gasteiger partial charge in [0.1, 0.15) is 10.7 Å². The van der Waals surface area contributed by atoms with E-state index in [4.69, 9.17) is 5.73 Å². The Balaban J connectivity index is 3.04. The Morgan fingerprint density at radius 1 is 1.73 bits per heavy atom. The molecule has 3 N–H and O–H groups in total. The van der Waals surface area contributed by atoms with Crippen molar-refractivity contribution in [2.75, 3.05) is 19.3 Å². The first-order valence-electron chi connectivity index (χ1n) is 4.25. The van der Waals surface area contributed by atoms with E-state index in [1.165, 1.54) is 17.5 Å². The fourth-order valence-corrected chi connectivity index (χ4v) is 2.36. The number of sulfonamides is 1. The van der Waals surface area contributed by atoms with E-state index in [1.54, 1.807) is 6.92 Å². The van der Waals surface area contributed by atoms with E-state index in [-0.39, 0.29) is 17.3 Å². The summed E-state index contributed by atoms with van der Waals surface area (Å²) in [6, 6.07) is 0. The van der Waals surface area contributed by atoms with Gasteiger partial charge in [-0.2, -0.15) is 9.40 Å². The maximum absolute atomic E-state index is 11.9. The van der Waals surface area contributed by atoms with E-state index in [1.807, 2.05) is 0 Å². The normalized spacial score (nSPS) is 11.9. The van der Waals surface area contributed by atoms with E-state index in [0.29, 0.717) is 0 Å². The first kappa shape index (κ1) is 11.7. The minimum Gasteiger partial charge on any atom is -0.383 e. The van der Waals surface area contributed by atoms with E-state index in [2.05, 4.69) is 16.8 Å². The molecule has 1 aromatic heterocycles. The molecule has 6 nitrogen and oxygen atoms in total. The number of nitrogens with zero attached hydrogens (tertiary/aromatic N) is 2. The lowest BCUT2D eigenvalue weighted by Gasteiger charge is -2.16. The average molecular weight is 230 g/mol. The number of anilines is 1. The molecule has 0 radical (unpaired) electrons. The monoisotopic (exact) mass is 230 g/mol. The van der Waals surface area contributed by atoms with Crippen LogP contribution in [0.4, 0.5) is 5.82 Å². The van der Waals surface area contributed by atoms with Crippen molar-refractivity contribution < 1.29 is 8.42 Å². The molecule has 0 bridgehead atoms. The van der Waals surface area contributed by atoms with Gasteiger partial charge in [-0.15, -0.1) is 0 Å². The summed E-state index contributed by atoms with van der Waals surface area (Å²) in [6.45, 7) is 5.66. The zero-order chi connectivity index (χ0) is 11.6. The summed E-state index contributed by atoms with van der Waals surface area (Å²) in [5, 5.41) is 5.95. The molecule has 1 rings (SSSR count). The van der Waals surface area contributed by atoms with Gasteiger partial charge in [0.25, 0.3) is 0 Å². The molecule has 1 heterocycles. The third-order valence-electron chi connectivity index (χ3n) is 1.81. The van der Waals surface area contributed by atoms with Gasteiger partial charge in [0.2, 0.25) is 10.0 Å². The molecule has 0 spiro atoms.